The number of rotatable bonds is 7. The first kappa shape index (κ1) is 15.8. The van der Waals surface area contributed by atoms with Crippen LogP contribution in [0, 0.1) is 5.92 Å². The van der Waals surface area contributed by atoms with Crippen LogP contribution in [-0.2, 0) is 0 Å². The fourth-order valence-electron chi connectivity index (χ4n) is 2.92. The molecule has 1 aromatic carbocycles. The Morgan fingerprint density at radius 1 is 1.48 bits per heavy atom. The average molecular weight is 290 g/mol. The van der Waals surface area contributed by atoms with E-state index in [0.717, 1.165) is 19.6 Å². The molecule has 1 aliphatic heterocycles. The zero-order valence-corrected chi connectivity index (χ0v) is 12.7. The third-order valence-electron chi connectivity index (χ3n) is 4.21. The van der Waals surface area contributed by atoms with Crippen LogP contribution in [0.15, 0.2) is 35.5 Å². The summed E-state index contributed by atoms with van der Waals surface area (Å²) in [6.45, 7) is 6.66. The van der Waals surface area contributed by atoms with Gasteiger partial charge in [0, 0.05) is 19.0 Å². The Bertz CT molecular complexity index is 449. The highest BCUT2D eigenvalue weighted by molar-refractivity contribution is 5.80. The lowest BCUT2D eigenvalue weighted by Gasteiger charge is -2.21. The van der Waals surface area contributed by atoms with Crippen molar-refractivity contribution in [1.82, 2.24) is 10.2 Å². The molecule has 1 saturated heterocycles. The van der Waals surface area contributed by atoms with Crippen LogP contribution in [0.25, 0.3) is 0 Å². The van der Waals surface area contributed by atoms with Crippen LogP contribution >= 0.6 is 0 Å². The molecular weight excluding hydrogens is 264 g/mol. The molecule has 2 atom stereocenters. The van der Waals surface area contributed by atoms with Gasteiger partial charge in [-0.3, -0.25) is 0 Å². The van der Waals surface area contributed by atoms with Gasteiger partial charge in [0.05, 0.1) is 0 Å². The average Bonchev–Trinajstić information content (AvgIpc) is 3.00. The van der Waals surface area contributed by atoms with E-state index in [1.807, 2.05) is 18.2 Å². The second kappa shape index (κ2) is 8.00. The lowest BCUT2D eigenvalue weighted by Crippen LogP contribution is -2.32. The first-order chi connectivity index (χ1) is 10.2. The van der Waals surface area contributed by atoms with Crippen LogP contribution in [0.4, 0.5) is 0 Å². The minimum atomic E-state index is 0.0952. The standard InChI is InChI=1S/C16H26N4O/c1-2-20-9-8-13(12-20)11-18-15(10-16(17)19-21)14-6-4-3-5-7-14/h3-7,13,15,18,21H,2,8-12H2,1H3,(H2,17,19). The summed E-state index contributed by atoms with van der Waals surface area (Å²) in [7, 11) is 0. The second-order valence-electron chi connectivity index (χ2n) is 5.71. The van der Waals surface area contributed by atoms with Gasteiger partial charge in [-0.1, -0.05) is 42.4 Å². The van der Waals surface area contributed by atoms with Crippen molar-refractivity contribution in [3.8, 4) is 0 Å². The SMILES string of the molecule is CCN1CCC(CNC(CC(N)=NO)c2ccccc2)C1. The van der Waals surface area contributed by atoms with E-state index in [9.17, 15) is 0 Å². The summed E-state index contributed by atoms with van der Waals surface area (Å²) in [6, 6.07) is 10.3. The van der Waals surface area contributed by atoms with E-state index in [-0.39, 0.29) is 11.9 Å². The van der Waals surface area contributed by atoms with Crippen LogP contribution < -0.4 is 11.1 Å². The minimum Gasteiger partial charge on any atom is -0.409 e. The maximum atomic E-state index is 8.81. The number of oxime groups is 1. The third kappa shape index (κ3) is 4.72. The molecule has 0 aromatic heterocycles. The van der Waals surface area contributed by atoms with Gasteiger partial charge in [-0.05, 0) is 37.5 Å². The molecule has 0 amide bonds. The fraction of sp³-hybridized carbons (Fsp3) is 0.562. The maximum absolute atomic E-state index is 8.81. The summed E-state index contributed by atoms with van der Waals surface area (Å²) in [5.41, 5.74) is 6.87. The van der Waals surface area contributed by atoms with Crippen LogP contribution in [-0.4, -0.2) is 42.1 Å². The first-order valence-electron chi connectivity index (χ1n) is 7.70. The molecule has 2 unspecified atom stereocenters. The van der Waals surface area contributed by atoms with Crippen LogP contribution in [0.5, 0.6) is 0 Å². The maximum Gasteiger partial charge on any atom is 0.141 e. The molecule has 0 saturated carbocycles. The van der Waals surface area contributed by atoms with Gasteiger partial charge < -0.3 is 21.2 Å². The molecule has 1 heterocycles. The lowest BCUT2D eigenvalue weighted by molar-refractivity contribution is 0.314. The molecule has 116 valence electrons. The van der Waals surface area contributed by atoms with Gasteiger partial charge >= 0.3 is 0 Å². The van der Waals surface area contributed by atoms with Crippen molar-refractivity contribution in [3.05, 3.63) is 35.9 Å². The number of amidine groups is 1. The highest BCUT2D eigenvalue weighted by Gasteiger charge is 2.22. The first-order valence-corrected chi connectivity index (χ1v) is 7.70. The zero-order chi connectivity index (χ0) is 15.1. The van der Waals surface area contributed by atoms with Crippen molar-refractivity contribution in [2.75, 3.05) is 26.2 Å². The number of hydrogen-bond donors (Lipinski definition) is 3. The van der Waals surface area contributed by atoms with Gasteiger partial charge in [-0.25, -0.2) is 0 Å². The number of likely N-dealkylation sites (tertiary alicyclic amines) is 1. The van der Waals surface area contributed by atoms with Crippen molar-refractivity contribution in [3.63, 3.8) is 0 Å². The van der Waals surface area contributed by atoms with Gasteiger partial charge in [0.15, 0.2) is 0 Å². The predicted octanol–water partition coefficient (Wildman–Crippen LogP) is 1.80. The van der Waals surface area contributed by atoms with Gasteiger partial charge in [0.25, 0.3) is 0 Å². The highest BCUT2D eigenvalue weighted by atomic mass is 16.4. The van der Waals surface area contributed by atoms with E-state index in [4.69, 9.17) is 10.9 Å². The molecule has 1 aliphatic rings. The van der Waals surface area contributed by atoms with Crippen LogP contribution in [0.2, 0.25) is 0 Å². The van der Waals surface area contributed by atoms with Gasteiger partial charge in [0.1, 0.15) is 5.84 Å². The van der Waals surface area contributed by atoms with Crippen molar-refractivity contribution >= 4 is 5.84 Å². The van der Waals surface area contributed by atoms with Crippen molar-refractivity contribution < 1.29 is 5.21 Å². The Kier molecular flexibility index (Phi) is 6.02. The van der Waals surface area contributed by atoms with Gasteiger partial charge in [-0.15, -0.1) is 0 Å². The lowest BCUT2D eigenvalue weighted by atomic mass is 10.0. The summed E-state index contributed by atoms with van der Waals surface area (Å²) in [4.78, 5) is 2.48. The van der Waals surface area contributed by atoms with E-state index < -0.39 is 0 Å². The van der Waals surface area contributed by atoms with E-state index >= 15 is 0 Å². The summed E-state index contributed by atoms with van der Waals surface area (Å²) in [6.07, 6.45) is 1.76. The summed E-state index contributed by atoms with van der Waals surface area (Å²) < 4.78 is 0. The van der Waals surface area contributed by atoms with Gasteiger partial charge in [0.2, 0.25) is 0 Å². The largest absolute Gasteiger partial charge is 0.409 e. The Morgan fingerprint density at radius 3 is 2.86 bits per heavy atom. The zero-order valence-electron chi connectivity index (χ0n) is 12.7. The van der Waals surface area contributed by atoms with E-state index in [0.29, 0.717) is 12.3 Å². The Morgan fingerprint density at radius 2 is 2.24 bits per heavy atom. The number of nitrogens with one attached hydrogen (secondary N) is 1. The molecule has 21 heavy (non-hydrogen) atoms. The van der Waals surface area contributed by atoms with Crippen molar-refractivity contribution in [2.45, 2.75) is 25.8 Å². The second-order valence-corrected chi connectivity index (χ2v) is 5.71. The molecule has 1 aromatic rings. The van der Waals surface area contributed by atoms with E-state index in [1.165, 1.54) is 18.5 Å². The minimum absolute atomic E-state index is 0.0952. The quantitative estimate of drug-likeness (QED) is 0.310. The van der Waals surface area contributed by atoms with E-state index in [1.54, 1.807) is 0 Å². The normalized spacial score (nSPS) is 21.6. The number of nitrogens with two attached hydrogens (primary N) is 1. The fourth-order valence-corrected chi connectivity index (χ4v) is 2.92. The van der Waals surface area contributed by atoms with Crippen LogP contribution in [0.1, 0.15) is 31.4 Å². The summed E-state index contributed by atoms with van der Waals surface area (Å²) in [5, 5.41) is 15.5. The summed E-state index contributed by atoms with van der Waals surface area (Å²) >= 11 is 0. The molecular formula is C16H26N4O. The smallest absolute Gasteiger partial charge is 0.141 e. The van der Waals surface area contributed by atoms with Gasteiger partial charge in [-0.2, -0.15) is 0 Å². The number of nitrogens with zero attached hydrogens (tertiary/aromatic N) is 2. The molecule has 2 rings (SSSR count). The van der Waals surface area contributed by atoms with Crippen molar-refractivity contribution in [1.29, 1.82) is 0 Å². The van der Waals surface area contributed by atoms with Crippen LogP contribution in [0.3, 0.4) is 0 Å². The molecule has 0 spiro atoms. The molecule has 0 aliphatic carbocycles. The monoisotopic (exact) mass is 290 g/mol. The highest BCUT2D eigenvalue weighted by Crippen LogP contribution is 2.19. The third-order valence-corrected chi connectivity index (χ3v) is 4.21. The molecule has 5 heteroatoms. The number of hydrogen-bond acceptors (Lipinski definition) is 4. The van der Waals surface area contributed by atoms with E-state index in [2.05, 4.69) is 34.4 Å². The Labute approximate surface area is 126 Å². The Hall–Kier alpha value is -1.59. The predicted molar refractivity (Wildman–Crippen MR) is 85.4 cm³/mol. The van der Waals surface area contributed by atoms with Crippen molar-refractivity contribution in [2.24, 2.45) is 16.8 Å². The molecule has 0 radical (unpaired) electrons. The molecule has 4 N–H and O–H groups in total. The Balaban J connectivity index is 1.93. The topological polar surface area (TPSA) is 73.9 Å². The molecule has 5 nitrogen and oxygen atoms in total. The number of benzene rings is 1. The summed E-state index contributed by atoms with van der Waals surface area (Å²) in [5.74, 6) is 0.946. The molecule has 1 fully saturated rings. The molecule has 0 bridgehead atoms.